The lowest BCUT2D eigenvalue weighted by Crippen LogP contribution is -2.35. The summed E-state index contributed by atoms with van der Waals surface area (Å²) >= 11 is 6.35. The van der Waals surface area contributed by atoms with Crippen LogP contribution in [-0.4, -0.2) is 57.5 Å². The van der Waals surface area contributed by atoms with Crippen LogP contribution < -0.4 is 14.8 Å². The van der Waals surface area contributed by atoms with Crippen LogP contribution in [0.1, 0.15) is 6.92 Å². The van der Waals surface area contributed by atoms with Crippen LogP contribution >= 0.6 is 11.6 Å². The molecule has 0 bridgehead atoms. The van der Waals surface area contributed by atoms with E-state index < -0.39 is 11.9 Å². The van der Waals surface area contributed by atoms with Crippen molar-refractivity contribution >= 4 is 34.8 Å². The van der Waals surface area contributed by atoms with Gasteiger partial charge in [-0.25, -0.2) is 19.3 Å². The van der Waals surface area contributed by atoms with Crippen LogP contribution in [0.3, 0.4) is 0 Å². The lowest BCUT2D eigenvalue weighted by Gasteiger charge is -2.19. The highest BCUT2D eigenvalue weighted by molar-refractivity contribution is 6.32. The fourth-order valence-corrected chi connectivity index (χ4v) is 3.53. The van der Waals surface area contributed by atoms with Gasteiger partial charge in [-0.2, -0.15) is 0 Å². The Bertz CT molecular complexity index is 1360. The fraction of sp³-hybridized carbons (Fsp3) is 0.217. The number of halogens is 2. The summed E-state index contributed by atoms with van der Waals surface area (Å²) in [7, 11) is 4.85. The fourth-order valence-electron chi connectivity index (χ4n) is 3.35. The molecule has 4 rings (SSSR count). The topological polar surface area (TPSA) is 93.9 Å². The normalized spacial score (nSPS) is 11.8. The number of anilines is 2. The van der Waals surface area contributed by atoms with Crippen molar-refractivity contribution in [3.8, 4) is 22.9 Å². The number of pyridine rings is 1. The highest BCUT2D eigenvalue weighted by Gasteiger charge is 2.18. The average Bonchev–Trinajstić information content (AvgIpc) is 3.26. The molecule has 0 aliphatic heterocycles. The number of imidazole rings is 1. The minimum Gasteiger partial charge on any atom is -0.494 e. The van der Waals surface area contributed by atoms with E-state index in [9.17, 15) is 9.18 Å². The molecule has 9 nitrogen and oxygen atoms in total. The Morgan fingerprint density at radius 2 is 2.03 bits per heavy atom. The number of nitrogens with zero attached hydrogens (tertiary/aromatic N) is 5. The predicted molar refractivity (Wildman–Crippen MR) is 126 cm³/mol. The van der Waals surface area contributed by atoms with Crippen molar-refractivity contribution in [3.63, 3.8) is 0 Å². The summed E-state index contributed by atoms with van der Waals surface area (Å²) in [5, 5.41) is 3.38. The van der Waals surface area contributed by atoms with E-state index in [0.29, 0.717) is 28.6 Å². The molecule has 3 heterocycles. The van der Waals surface area contributed by atoms with E-state index in [-0.39, 0.29) is 22.5 Å². The number of ether oxygens (including phenoxy) is 2. The Hall–Kier alpha value is -3.92. The number of aromatic nitrogens is 4. The lowest BCUT2D eigenvalue weighted by molar-refractivity contribution is -0.135. The summed E-state index contributed by atoms with van der Waals surface area (Å²) in [6.07, 6.45) is 3.97. The lowest BCUT2D eigenvalue weighted by atomic mass is 10.2. The molecule has 4 aromatic rings. The smallest absolute Gasteiger partial charge is 0.262 e. The number of benzene rings is 1. The molecule has 1 aromatic carbocycles. The van der Waals surface area contributed by atoms with Gasteiger partial charge in [-0.1, -0.05) is 11.6 Å². The van der Waals surface area contributed by atoms with Gasteiger partial charge in [0.1, 0.15) is 17.2 Å². The van der Waals surface area contributed by atoms with E-state index in [1.165, 1.54) is 30.5 Å². The van der Waals surface area contributed by atoms with Crippen molar-refractivity contribution in [2.45, 2.75) is 13.0 Å². The second-order valence-corrected chi connectivity index (χ2v) is 7.97. The third-order valence-electron chi connectivity index (χ3n) is 5.00. The summed E-state index contributed by atoms with van der Waals surface area (Å²) in [4.78, 5) is 26.4. The van der Waals surface area contributed by atoms with E-state index in [0.717, 1.165) is 0 Å². The number of likely N-dealkylation sites (N-methyl/N-ethyl adjacent to an activating group) is 1. The number of hydrogen-bond donors (Lipinski definition) is 1. The van der Waals surface area contributed by atoms with Crippen LogP contribution in [0, 0.1) is 5.82 Å². The Balaban J connectivity index is 1.62. The molecule has 3 aromatic heterocycles. The van der Waals surface area contributed by atoms with Crippen molar-refractivity contribution in [3.05, 3.63) is 59.8 Å². The molecule has 0 saturated carbocycles. The first-order valence-corrected chi connectivity index (χ1v) is 10.6. The molecule has 176 valence electrons. The molecule has 11 heteroatoms. The molecule has 1 atom stereocenters. The van der Waals surface area contributed by atoms with E-state index in [1.54, 1.807) is 55.9 Å². The Kier molecular flexibility index (Phi) is 6.51. The number of rotatable bonds is 7. The van der Waals surface area contributed by atoms with Crippen LogP contribution in [0.25, 0.3) is 17.0 Å². The number of hydrogen-bond acceptors (Lipinski definition) is 7. The van der Waals surface area contributed by atoms with Crippen molar-refractivity contribution in [2.75, 3.05) is 26.5 Å². The minimum atomic E-state index is -0.656. The van der Waals surface area contributed by atoms with Crippen LogP contribution in [0.15, 0.2) is 48.9 Å². The summed E-state index contributed by atoms with van der Waals surface area (Å²) in [6, 6.07) is 7.99. The third-order valence-corrected chi connectivity index (χ3v) is 5.27. The zero-order valence-corrected chi connectivity index (χ0v) is 19.7. The quantitative estimate of drug-likeness (QED) is 0.420. The molecule has 34 heavy (non-hydrogen) atoms. The van der Waals surface area contributed by atoms with Gasteiger partial charge in [0.15, 0.2) is 17.6 Å². The molecule has 0 spiro atoms. The summed E-state index contributed by atoms with van der Waals surface area (Å²) in [5.74, 6) is 0.560. The zero-order chi connectivity index (χ0) is 24.4. The average molecular weight is 485 g/mol. The van der Waals surface area contributed by atoms with Gasteiger partial charge in [0.05, 0.1) is 35.9 Å². The molecule has 0 unspecified atom stereocenters. The van der Waals surface area contributed by atoms with Crippen LogP contribution in [0.5, 0.6) is 11.5 Å². The standard InChI is InChI=1S/C23H22ClFN6O3/c1-13(22(32)30(2)3)34-14-7-8-17(19(10-14)33-4)28-23-27-11-15(24)20(29-23)18-12-26-21-16(25)6-5-9-31(18)21/h5-13H,1-4H3,(H,27,28,29)/t13-/m0/s1. The third kappa shape index (κ3) is 4.58. The van der Waals surface area contributed by atoms with Crippen LogP contribution in [-0.2, 0) is 4.79 Å². The molecule has 0 aliphatic carbocycles. The van der Waals surface area contributed by atoms with Gasteiger partial charge in [-0.3, -0.25) is 9.20 Å². The summed E-state index contributed by atoms with van der Waals surface area (Å²) in [6.45, 7) is 1.68. The molecule has 0 aliphatic rings. The zero-order valence-electron chi connectivity index (χ0n) is 18.9. The molecule has 0 fully saturated rings. The van der Waals surface area contributed by atoms with Gasteiger partial charge in [0.25, 0.3) is 5.91 Å². The number of carbonyl (C=O) groups excluding carboxylic acids is 1. The first kappa shape index (κ1) is 23.2. The van der Waals surface area contributed by atoms with Gasteiger partial charge in [0, 0.05) is 26.4 Å². The molecule has 1 amide bonds. The first-order valence-electron chi connectivity index (χ1n) is 10.3. The first-order chi connectivity index (χ1) is 16.3. The maximum Gasteiger partial charge on any atom is 0.262 e. The van der Waals surface area contributed by atoms with Gasteiger partial charge in [-0.05, 0) is 31.2 Å². The SMILES string of the molecule is COc1cc(O[C@@H](C)C(=O)N(C)C)ccc1Nc1ncc(Cl)c(-c2cnc3c(F)cccn23)n1. The second kappa shape index (κ2) is 9.52. The van der Waals surface area contributed by atoms with Crippen LogP contribution in [0.4, 0.5) is 16.0 Å². The van der Waals surface area contributed by atoms with E-state index in [4.69, 9.17) is 21.1 Å². The Labute approximate surface area is 200 Å². The van der Waals surface area contributed by atoms with Gasteiger partial charge < -0.3 is 19.7 Å². The molecule has 1 N–H and O–H groups in total. The maximum absolute atomic E-state index is 14.1. The number of amides is 1. The molecule has 0 radical (unpaired) electrons. The van der Waals surface area contributed by atoms with Crippen molar-refractivity contribution in [1.82, 2.24) is 24.3 Å². The van der Waals surface area contributed by atoms with Crippen molar-refractivity contribution < 1.29 is 18.7 Å². The second-order valence-electron chi connectivity index (χ2n) is 7.56. The van der Waals surface area contributed by atoms with E-state index >= 15 is 0 Å². The maximum atomic E-state index is 14.1. The number of fused-ring (bicyclic) bond motifs is 1. The van der Waals surface area contributed by atoms with E-state index in [2.05, 4.69) is 20.3 Å². The number of carbonyl (C=O) groups is 1. The highest BCUT2D eigenvalue weighted by Crippen LogP contribution is 2.33. The van der Waals surface area contributed by atoms with Crippen molar-refractivity contribution in [1.29, 1.82) is 0 Å². The molecular formula is C23H22ClFN6O3. The van der Waals surface area contributed by atoms with Crippen LogP contribution in [0.2, 0.25) is 5.02 Å². The Morgan fingerprint density at radius 3 is 2.76 bits per heavy atom. The number of nitrogens with one attached hydrogen (secondary N) is 1. The summed E-state index contributed by atoms with van der Waals surface area (Å²) in [5.41, 5.74) is 1.63. The summed E-state index contributed by atoms with van der Waals surface area (Å²) < 4.78 is 26.8. The van der Waals surface area contributed by atoms with Crippen molar-refractivity contribution in [2.24, 2.45) is 0 Å². The predicted octanol–water partition coefficient (Wildman–Crippen LogP) is 4.19. The van der Waals surface area contributed by atoms with Gasteiger partial charge >= 0.3 is 0 Å². The monoisotopic (exact) mass is 484 g/mol. The highest BCUT2D eigenvalue weighted by atomic mass is 35.5. The molecular weight excluding hydrogens is 463 g/mol. The van der Waals surface area contributed by atoms with Gasteiger partial charge in [0.2, 0.25) is 5.95 Å². The Morgan fingerprint density at radius 1 is 1.24 bits per heavy atom. The largest absolute Gasteiger partial charge is 0.494 e. The van der Waals surface area contributed by atoms with Gasteiger partial charge in [-0.15, -0.1) is 0 Å². The minimum absolute atomic E-state index is 0.157. The van der Waals surface area contributed by atoms with E-state index in [1.807, 2.05) is 0 Å². The molecule has 0 saturated heterocycles. The number of methoxy groups -OCH3 is 1.